The average molecular weight is 503 g/mol. The van der Waals surface area contributed by atoms with Crippen LogP contribution in [0.3, 0.4) is 0 Å². The summed E-state index contributed by atoms with van der Waals surface area (Å²) in [6.07, 6.45) is 0.332. The van der Waals surface area contributed by atoms with Crippen molar-refractivity contribution in [2.24, 2.45) is 0 Å². The predicted molar refractivity (Wildman–Crippen MR) is 132 cm³/mol. The van der Waals surface area contributed by atoms with E-state index in [4.69, 9.17) is 23.2 Å². The Morgan fingerprint density at radius 3 is 2.78 bits per heavy atom. The first-order valence-corrected chi connectivity index (χ1v) is 12.5. The number of thioether (sulfide) groups is 1. The molecule has 2 aromatic heterocycles. The van der Waals surface area contributed by atoms with Crippen molar-refractivity contribution in [3.8, 4) is 5.69 Å². The molecule has 0 saturated carbocycles. The maximum absolute atomic E-state index is 12.4. The normalized spacial score (nSPS) is 11.0. The number of nitrogens with one attached hydrogen (secondary N) is 1. The number of benzene rings is 2. The minimum Gasteiger partial charge on any atom is -0.348 e. The van der Waals surface area contributed by atoms with Crippen LogP contribution in [-0.4, -0.2) is 20.7 Å². The molecule has 0 aliphatic heterocycles. The maximum Gasteiger partial charge on any atom is 0.225 e. The first-order valence-electron chi connectivity index (χ1n) is 9.87. The van der Waals surface area contributed by atoms with Gasteiger partial charge in [-0.15, -0.1) is 21.5 Å². The van der Waals surface area contributed by atoms with Gasteiger partial charge in [-0.25, -0.2) is 0 Å². The Hall–Kier alpha value is -2.32. The Morgan fingerprint density at radius 1 is 1.12 bits per heavy atom. The summed E-state index contributed by atoms with van der Waals surface area (Å²) in [5, 5.41) is 15.4. The van der Waals surface area contributed by atoms with Crippen molar-refractivity contribution in [2.75, 3.05) is 0 Å². The molecule has 2 heterocycles. The summed E-state index contributed by atoms with van der Waals surface area (Å²) in [6, 6.07) is 17.5. The molecule has 0 spiro atoms. The molecule has 4 aromatic rings. The van der Waals surface area contributed by atoms with E-state index in [1.54, 1.807) is 41.3 Å². The zero-order valence-electron chi connectivity index (χ0n) is 17.2. The number of hydrogen-bond donors (Lipinski definition) is 1. The fraction of sp³-hybridized carbons (Fsp3) is 0.174. The van der Waals surface area contributed by atoms with E-state index in [0.717, 1.165) is 10.6 Å². The van der Waals surface area contributed by atoms with Crippen LogP contribution in [0.5, 0.6) is 0 Å². The Morgan fingerprint density at radius 2 is 2.00 bits per heavy atom. The van der Waals surface area contributed by atoms with Gasteiger partial charge < -0.3 is 5.32 Å². The molecule has 32 heavy (non-hydrogen) atoms. The van der Waals surface area contributed by atoms with Gasteiger partial charge in [0.25, 0.3) is 0 Å². The van der Waals surface area contributed by atoms with Gasteiger partial charge in [0.15, 0.2) is 11.0 Å². The summed E-state index contributed by atoms with van der Waals surface area (Å²) in [5.74, 6) is 1.23. The Kier molecular flexibility index (Phi) is 7.52. The number of aromatic nitrogens is 3. The minimum atomic E-state index is -0.0758. The van der Waals surface area contributed by atoms with Crippen LogP contribution in [0.1, 0.15) is 21.8 Å². The fourth-order valence-electron chi connectivity index (χ4n) is 3.17. The first kappa shape index (κ1) is 22.9. The third-order valence-corrected chi connectivity index (χ3v) is 7.09. The second-order valence-corrected chi connectivity index (χ2v) is 9.96. The number of carbonyl (C=O) groups excluding carboxylic acids is 1. The molecular weight excluding hydrogens is 483 g/mol. The monoisotopic (exact) mass is 502 g/mol. The van der Waals surface area contributed by atoms with Gasteiger partial charge in [-0.2, -0.15) is 0 Å². The lowest BCUT2D eigenvalue weighted by Gasteiger charge is -2.13. The summed E-state index contributed by atoms with van der Waals surface area (Å²) in [4.78, 5) is 13.4. The number of rotatable bonds is 8. The molecule has 1 amide bonds. The summed E-state index contributed by atoms with van der Waals surface area (Å²) in [6.45, 7) is 2.30. The van der Waals surface area contributed by atoms with Crippen molar-refractivity contribution < 1.29 is 4.79 Å². The molecule has 0 aliphatic rings. The fourth-order valence-corrected chi connectivity index (χ4v) is 5.15. The van der Waals surface area contributed by atoms with Crippen molar-refractivity contribution in [3.63, 3.8) is 0 Å². The number of aryl methyl sites for hydroxylation is 1. The van der Waals surface area contributed by atoms with Gasteiger partial charge in [-0.05, 0) is 42.1 Å². The lowest BCUT2D eigenvalue weighted by atomic mass is 10.2. The highest BCUT2D eigenvalue weighted by atomic mass is 35.5. The van der Waals surface area contributed by atoms with Crippen molar-refractivity contribution in [1.82, 2.24) is 20.1 Å². The molecule has 0 fully saturated rings. The lowest BCUT2D eigenvalue weighted by molar-refractivity contribution is -0.120. The molecule has 0 aliphatic carbocycles. The summed E-state index contributed by atoms with van der Waals surface area (Å²) >= 11 is 15.9. The maximum atomic E-state index is 12.4. The number of halogens is 2. The highest BCUT2D eigenvalue weighted by Gasteiger charge is 2.18. The van der Waals surface area contributed by atoms with E-state index in [2.05, 4.69) is 40.6 Å². The van der Waals surface area contributed by atoms with Crippen LogP contribution in [0.2, 0.25) is 10.0 Å². The SMILES string of the molecule is Cc1cccc(CSc2nnc(CNC(=O)Cc3cccs3)n2-c2cc(Cl)ccc2Cl)c1. The van der Waals surface area contributed by atoms with Gasteiger partial charge in [-0.1, -0.05) is 70.9 Å². The van der Waals surface area contributed by atoms with Crippen molar-refractivity contribution in [3.05, 3.63) is 91.9 Å². The molecule has 9 heteroatoms. The number of nitrogens with zero attached hydrogens (tertiary/aromatic N) is 3. The number of carbonyl (C=O) groups is 1. The van der Waals surface area contributed by atoms with Gasteiger partial charge in [0.2, 0.25) is 5.91 Å². The van der Waals surface area contributed by atoms with E-state index in [-0.39, 0.29) is 12.5 Å². The Bertz CT molecular complexity index is 1220. The van der Waals surface area contributed by atoms with Crippen molar-refractivity contribution in [2.45, 2.75) is 30.8 Å². The Balaban J connectivity index is 1.58. The molecule has 2 aromatic carbocycles. The van der Waals surface area contributed by atoms with Crippen LogP contribution >= 0.6 is 46.3 Å². The third kappa shape index (κ3) is 5.72. The largest absolute Gasteiger partial charge is 0.348 e. The van der Waals surface area contributed by atoms with E-state index in [0.29, 0.717) is 33.1 Å². The van der Waals surface area contributed by atoms with E-state index < -0.39 is 0 Å². The van der Waals surface area contributed by atoms with Crippen LogP contribution in [0.4, 0.5) is 0 Å². The first-order chi connectivity index (χ1) is 15.5. The molecule has 164 valence electrons. The molecule has 1 N–H and O–H groups in total. The van der Waals surface area contributed by atoms with Crippen LogP contribution in [-0.2, 0) is 23.5 Å². The lowest BCUT2D eigenvalue weighted by Crippen LogP contribution is -2.26. The van der Waals surface area contributed by atoms with Crippen LogP contribution < -0.4 is 5.32 Å². The quantitative estimate of drug-likeness (QED) is 0.296. The zero-order chi connectivity index (χ0) is 22.5. The molecular formula is C23H20Cl2N4OS2. The third-order valence-electron chi connectivity index (χ3n) is 4.66. The highest BCUT2D eigenvalue weighted by Crippen LogP contribution is 2.31. The van der Waals surface area contributed by atoms with Crippen LogP contribution in [0.25, 0.3) is 5.69 Å². The number of hydrogen-bond acceptors (Lipinski definition) is 5. The number of thiophene rings is 1. The van der Waals surface area contributed by atoms with Gasteiger partial charge in [-0.3, -0.25) is 9.36 Å². The van der Waals surface area contributed by atoms with E-state index in [1.807, 2.05) is 28.1 Å². The van der Waals surface area contributed by atoms with E-state index in [1.165, 1.54) is 11.1 Å². The van der Waals surface area contributed by atoms with Gasteiger partial charge in [0, 0.05) is 15.7 Å². The molecule has 4 rings (SSSR count). The van der Waals surface area contributed by atoms with Crippen molar-refractivity contribution in [1.29, 1.82) is 0 Å². The summed E-state index contributed by atoms with van der Waals surface area (Å²) < 4.78 is 1.86. The highest BCUT2D eigenvalue weighted by molar-refractivity contribution is 7.98. The molecule has 0 atom stereocenters. The second kappa shape index (κ2) is 10.5. The smallest absolute Gasteiger partial charge is 0.225 e. The van der Waals surface area contributed by atoms with E-state index >= 15 is 0 Å². The van der Waals surface area contributed by atoms with Gasteiger partial charge in [0.1, 0.15) is 0 Å². The van der Waals surface area contributed by atoms with Crippen molar-refractivity contribution >= 4 is 52.2 Å². The summed E-state index contributed by atoms with van der Waals surface area (Å²) in [5.41, 5.74) is 3.07. The van der Waals surface area contributed by atoms with Crippen LogP contribution in [0.15, 0.2) is 65.1 Å². The van der Waals surface area contributed by atoms with Crippen LogP contribution in [0, 0.1) is 6.92 Å². The van der Waals surface area contributed by atoms with Gasteiger partial charge >= 0.3 is 0 Å². The Labute approximate surface area is 204 Å². The standard InChI is InChI=1S/C23H20Cl2N4OS2/c1-15-4-2-5-16(10-15)14-32-23-28-27-21(13-26-22(30)12-18-6-3-9-31-18)29(23)20-11-17(24)7-8-19(20)25/h2-11H,12-14H2,1H3,(H,26,30). The zero-order valence-corrected chi connectivity index (χ0v) is 20.4. The van der Waals surface area contributed by atoms with Gasteiger partial charge in [0.05, 0.1) is 23.7 Å². The molecule has 0 saturated heterocycles. The average Bonchev–Trinajstić information content (AvgIpc) is 3.42. The predicted octanol–water partition coefficient (Wildman–Crippen LogP) is 6.10. The molecule has 0 unspecified atom stereocenters. The second-order valence-electron chi connectivity index (χ2n) is 7.14. The topological polar surface area (TPSA) is 59.8 Å². The summed E-state index contributed by atoms with van der Waals surface area (Å²) in [7, 11) is 0. The molecule has 0 radical (unpaired) electrons. The molecule has 5 nitrogen and oxygen atoms in total. The minimum absolute atomic E-state index is 0.0758. The van der Waals surface area contributed by atoms with E-state index in [9.17, 15) is 4.79 Å². The molecule has 0 bridgehead atoms. The number of amides is 1.